The van der Waals surface area contributed by atoms with Gasteiger partial charge in [-0.3, -0.25) is 0 Å². The SMILES string of the molecule is COC(C)CNCCOCCN. The molecule has 0 heterocycles. The van der Waals surface area contributed by atoms with Gasteiger partial charge >= 0.3 is 0 Å². The van der Waals surface area contributed by atoms with Crippen molar-refractivity contribution in [2.24, 2.45) is 5.73 Å². The van der Waals surface area contributed by atoms with Crippen LogP contribution in [0.4, 0.5) is 0 Å². The van der Waals surface area contributed by atoms with Crippen molar-refractivity contribution in [3.05, 3.63) is 0 Å². The van der Waals surface area contributed by atoms with Crippen LogP contribution in [-0.2, 0) is 9.47 Å². The summed E-state index contributed by atoms with van der Waals surface area (Å²) >= 11 is 0. The predicted octanol–water partition coefficient (Wildman–Crippen LogP) is -0.414. The lowest BCUT2D eigenvalue weighted by molar-refractivity contribution is 0.108. The Labute approximate surface area is 74.4 Å². The molecule has 0 saturated heterocycles. The first kappa shape index (κ1) is 11.8. The van der Waals surface area contributed by atoms with Gasteiger partial charge in [0.25, 0.3) is 0 Å². The smallest absolute Gasteiger partial charge is 0.0667 e. The van der Waals surface area contributed by atoms with Crippen LogP contribution in [0, 0.1) is 0 Å². The Bertz CT molecular complexity index is 91.1. The molecule has 74 valence electrons. The van der Waals surface area contributed by atoms with E-state index >= 15 is 0 Å². The quantitative estimate of drug-likeness (QED) is 0.493. The van der Waals surface area contributed by atoms with E-state index in [4.69, 9.17) is 15.2 Å². The summed E-state index contributed by atoms with van der Waals surface area (Å²) in [4.78, 5) is 0. The van der Waals surface area contributed by atoms with Crippen LogP contribution in [0.2, 0.25) is 0 Å². The van der Waals surface area contributed by atoms with Gasteiger partial charge in [0.05, 0.1) is 19.3 Å². The van der Waals surface area contributed by atoms with Crippen molar-refractivity contribution in [1.82, 2.24) is 5.32 Å². The Morgan fingerprint density at radius 2 is 2.17 bits per heavy atom. The molecule has 12 heavy (non-hydrogen) atoms. The summed E-state index contributed by atoms with van der Waals surface area (Å²) in [6, 6.07) is 0. The van der Waals surface area contributed by atoms with Crippen molar-refractivity contribution in [3.8, 4) is 0 Å². The van der Waals surface area contributed by atoms with Crippen LogP contribution >= 0.6 is 0 Å². The average Bonchev–Trinajstić information content (AvgIpc) is 2.10. The third-order valence-corrected chi connectivity index (χ3v) is 1.52. The summed E-state index contributed by atoms with van der Waals surface area (Å²) in [5, 5.41) is 3.20. The number of methoxy groups -OCH3 is 1. The van der Waals surface area contributed by atoms with E-state index in [0.717, 1.165) is 13.1 Å². The van der Waals surface area contributed by atoms with Crippen molar-refractivity contribution < 1.29 is 9.47 Å². The Balaban J connectivity index is 2.90. The highest BCUT2D eigenvalue weighted by Crippen LogP contribution is 1.82. The third kappa shape index (κ3) is 7.94. The second-order valence-electron chi connectivity index (χ2n) is 2.65. The molecule has 0 aliphatic carbocycles. The summed E-state index contributed by atoms with van der Waals surface area (Å²) < 4.78 is 10.2. The highest BCUT2D eigenvalue weighted by Gasteiger charge is 1.96. The largest absolute Gasteiger partial charge is 0.380 e. The Morgan fingerprint density at radius 1 is 1.42 bits per heavy atom. The molecule has 0 bridgehead atoms. The molecular formula is C8H20N2O2. The molecule has 4 nitrogen and oxygen atoms in total. The van der Waals surface area contributed by atoms with Crippen molar-refractivity contribution in [2.45, 2.75) is 13.0 Å². The van der Waals surface area contributed by atoms with Crippen molar-refractivity contribution in [3.63, 3.8) is 0 Å². The van der Waals surface area contributed by atoms with Gasteiger partial charge in [-0.1, -0.05) is 0 Å². The van der Waals surface area contributed by atoms with Crippen LogP contribution in [0.25, 0.3) is 0 Å². The first-order valence-electron chi connectivity index (χ1n) is 4.32. The molecule has 3 N–H and O–H groups in total. The molecule has 0 spiro atoms. The molecule has 0 aliphatic rings. The molecule has 0 amide bonds. The summed E-state index contributed by atoms with van der Waals surface area (Å²) in [6.07, 6.45) is 0.263. The molecule has 0 radical (unpaired) electrons. The monoisotopic (exact) mass is 176 g/mol. The zero-order valence-corrected chi connectivity index (χ0v) is 8.01. The van der Waals surface area contributed by atoms with Gasteiger partial charge in [0.15, 0.2) is 0 Å². The maximum absolute atomic E-state index is 5.25. The lowest BCUT2D eigenvalue weighted by atomic mass is 10.4. The van der Waals surface area contributed by atoms with E-state index in [9.17, 15) is 0 Å². The molecule has 0 aromatic carbocycles. The minimum absolute atomic E-state index is 0.263. The minimum Gasteiger partial charge on any atom is -0.380 e. The van der Waals surface area contributed by atoms with Crippen LogP contribution < -0.4 is 11.1 Å². The summed E-state index contributed by atoms with van der Waals surface area (Å²) in [5.74, 6) is 0. The molecular weight excluding hydrogens is 156 g/mol. The van der Waals surface area contributed by atoms with E-state index in [1.165, 1.54) is 0 Å². The van der Waals surface area contributed by atoms with E-state index in [2.05, 4.69) is 5.32 Å². The second kappa shape index (κ2) is 8.93. The molecule has 1 atom stereocenters. The highest BCUT2D eigenvalue weighted by atomic mass is 16.5. The first-order valence-corrected chi connectivity index (χ1v) is 4.32. The summed E-state index contributed by atoms with van der Waals surface area (Å²) in [5.41, 5.74) is 5.25. The fourth-order valence-electron chi connectivity index (χ4n) is 0.718. The van der Waals surface area contributed by atoms with Crippen LogP contribution in [0.5, 0.6) is 0 Å². The highest BCUT2D eigenvalue weighted by molar-refractivity contribution is 4.53. The molecule has 1 unspecified atom stereocenters. The minimum atomic E-state index is 0.263. The van der Waals surface area contributed by atoms with Crippen LogP contribution in [0.1, 0.15) is 6.92 Å². The fourth-order valence-corrected chi connectivity index (χ4v) is 0.718. The number of hydrogen-bond acceptors (Lipinski definition) is 4. The van der Waals surface area contributed by atoms with E-state index in [0.29, 0.717) is 19.8 Å². The normalized spacial score (nSPS) is 13.2. The maximum Gasteiger partial charge on any atom is 0.0667 e. The van der Waals surface area contributed by atoms with Crippen molar-refractivity contribution >= 4 is 0 Å². The molecule has 0 aromatic heterocycles. The molecule has 0 rings (SSSR count). The zero-order chi connectivity index (χ0) is 9.23. The Hall–Kier alpha value is -0.160. The van der Waals surface area contributed by atoms with Crippen LogP contribution in [-0.4, -0.2) is 46.1 Å². The number of nitrogens with two attached hydrogens (primary N) is 1. The van der Waals surface area contributed by atoms with Gasteiger partial charge in [-0.2, -0.15) is 0 Å². The molecule has 0 aliphatic heterocycles. The van der Waals surface area contributed by atoms with Gasteiger partial charge in [0, 0.05) is 26.7 Å². The molecule has 4 heteroatoms. The van der Waals surface area contributed by atoms with Gasteiger partial charge in [-0.25, -0.2) is 0 Å². The van der Waals surface area contributed by atoms with Crippen LogP contribution in [0.3, 0.4) is 0 Å². The Morgan fingerprint density at radius 3 is 2.75 bits per heavy atom. The Kier molecular flexibility index (Phi) is 8.81. The number of nitrogens with one attached hydrogen (secondary N) is 1. The number of rotatable bonds is 8. The number of ether oxygens (including phenoxy) is 2. The van der Waals surface area contributed by atoms with E-state index in [1.807, 2.05) is 6.92 Å². The molecule has 0 fully saturated rings. The first-order chi connectivity index (χ1) is 5.81. The van der Waals surface area contributed by atoms with Crippen molar-refractivity contribution in [1.29, 1.82) is 0 Å². The predicted molar refractivity (Wildman–Crippen MR) is 49.2 cm³/mol. The lowest BCUT2D eigenvalue weighted by Gasteiger charge is -2.10. The van der Waals surface area contributed by atoms with Gasteiger partial charge < -0.3 is 20.5 Å². The lowest BCUT2D eigenvalue weighted by Crippen LogP contribution is -2.29. The molecule has 0 saturated carbocycles. The third-order valence-electron chi connectivity index (χ3n) is 1.52. The molecule has 0 aromatic rings. The van der Waals surface area contributed by atoms with Gasteiger partial charge in [-0.05, 0) is 6.92 Å². The maximum atomic E-state index is 5.25. The van der Waals surface area contributed by atoms with Gasteiger partial charge in [0.1, 0.15) is 0 Å². The number of hydrogen-bond donors (Lipinski definition) is 2. The van der Waals surface area contributed by atoms with Gasteiger partial charge in [-0.15, -0.1) is 0 Å². The zero-order valence-electron chi connectivity index (χ0n) is 8.01. The van der Waals surface area contributed by atoms with Gasteiger partial charge in [0.2, 0.25) is 0 Å². The second-order valence-corrected chi connectivity index (χ2v) is 2.65. The summed E-state index contributed by atoms with van der Waals surface area (Å²) in [6.45, 7) is 5.69. The van der Waals surface area contributed by atoms with Crippen molar-refractivity contribution in [2.75, 3.05) is 40.0 Å². The standard InChI is InChI=1S/C8H20N2O2/c1-8(11-2)7-10-4-6-12-5-3-9/h8,10H,3-7,9H2,1-2H3. The topological polar surface area (TPSA) is 56.5 Å². The van der Waals surface area contributed by atoms with E-state index in [1.54, 1.807) is 7.11 Å². The van der Waals surface area contributed by atoms with Crippen LogP contribution in [0.15, 0.2) is 0 Å². The summed E-state index contributed by atoms with van der Waals surface area (Å²) in [7, 11) is 1.71. The van der Waals surface area contributed by atoms with E-state index in [-0.39, 0.29) is 6.10 Å². The average molecular weight is 176 g/mol. The fraction of sp³-hybridized carbons (Fsp3) is 1.00. The van der Waals surface area contributed by atoms with E-state index < -0.39 is 0 Å².